The van der Waals surface area contributed by atoms with Crippen LogP contribution in [0.5, 0.6) is 0 Å². The average Bonchev–Trinajstić information content (AvgIpc) is 2.59. The fraction of sp³-hybridized carbons (Fsp3) is 0.400. The van der Waals surface area contributed by atoms with Crippen LogP contribution in [-0.2, 0) is 4.79 Å². The van der Waals surface area contributed by atoms with Crippen LogP contribution >= 0.6 is 27.3 Å². The predicted octanol–water partition coefficient (Wildman–Crippen LogP) is 3.34. The number of hydrogen-bond acceptors (Lipinski definition) is 3. The van der Waals surface area contributed by atoms with Crippen molar-refractivity contribution >= 4 is 39.0 Å². The van der Waals surface area contributed by atoms with Gasteiger partial charge in [-0.05, 0) is 40.9 Å². The Bertz CT molecular complexity index is 359. The fourth-order valence-electron chi connectivity index (χ4n) is 1.15. The summed E-state index contributed by atoms with van der Waals surface area (Å²) in [4.78, 5) is 22.5. The van der Waals surface area contributed by atoms with Crippen molar-refractivity contribution < 1.29 is 14.7 Å². The van der Waals surface area contributed by atoms with Gasteiger partial charge in [0.2, 0.25) is 0 Å². The summed E-state index contributed by atoms with van der Waals surface area (Å²) in [6.07, 6.45) is 1.77. The number of carbonyl (C=O) groups is 2. The SMILES string of the molecule is O=C(O)CCCCC(=O)c1ccc(Br)s1. The van der Waals surface area contributed by atoms with Crippen LogP contribution in [0.15, 0.2) is 15.9 Å². The van der Waals surface area contributed by atoms with Crippen molar-refractivity contribution in [2.24, 2.45) is 0 Å². The first-order valence-electron chi connectivity index (χ1n) is 4.60. The largest absolute Gasteiger partial charge is 0.481 e. The predicted molar refractivity (Wildman–Crippen MR) is 62.5 cm³/mol. The van der Waals surface area contributed by atoms with Crippen LogP contribution < -0.4 is 0 Å². The third kappa shape index (κ3) is 4.57. The van der Waals surface area contributed by atoms with E-state index in [1.807, 2.05) is 6.07 Å². The van der Waals surface area contributed by atoms with Gasteiger partial charge >= 0.3 is 5.97 Å². The summed E-state index contributed by atoms with van der Waals surface area (Å²) in [6, 6.07) is 3.63. The van der Waals surface area contributed by atoms with Crippen LogP contribution in [0.1, 0.15) is 35.4 Å². The van der Waals surface area contributed by atoms with Crippen LogP contribution in [0.2, 0.25) is 0 Å². The standard InChI is InChI=1S/C10H11BrO3S/c11-9-6-5-8(15-9)7(12)3-1-2-4-10(13)14/h5-6H,1-4H2,(H,13,14). The maximum absolute atomic E-state index is 11.5. The van der Waals surface area contributed by atoms with Crippen LogP contribution in [-0.4, -0.2) is 16.9 Å². The Morgan fingerprint density at radius 3 is 2.47 bits per heavy atom. The summed E-state index contributed by atoms with van der Waals surface area (Å²) >= 11 is 4.70. The molecule has 0 amide bonds. The molecule has 1 N–H and O–H groups in total. The Balaban J connectivity index is 2.28. The van der Waals surface area contributed by atoms with E-state index >= 15 is 0 Å². The van der Waals surface area contributed by atoms with Gasteiger partial charge in [0.05, 0.1) is 8.66 Å². The molecule has 82 valence electrons. The molecule has 0 saturated heterocycles. The number of aliphatic carboxylic acids is 1. The number of carboxylic acid groups (broad SMARTS) is 1. The highest BCUT2D eigenvalue weighted by atomic mass is 79.9. The lowest BCUT2D eigenvalue weighted by molar-refractivity contribution is -0.137. The molecule has 5 heteroatoms. The van der Waals surface area contributed by atoms with E-state index in [9.17, 15) is 9.59 Å². The molecule has 0 fully saturated rings. The number of carbonyl (C=O) groups excluding carboxylic acids is 1. The maximum Gasteiger partial charge on any atom is 0.303 e. The van der Waals surface area contributed by atoms with Gasteiger partial charge in [-0.2, -0.15) is 0 Å². The topological polar surface area (TPSA) is 54.4 Å². The summed E-state index contributed by atoms with van der Waals surface area (Å²) < 4.78 is 0.941. The van der Waals surface area contributed by atoms with Gasteiger partial charge in [-0.3, -0.25) is 9.59 Å². The number of ketones is 1. The van der Waals surface area contributed by atoms with Gasteiger partial charge < -0.3 is 5.11 Å². The Morgan fingerprint density at radius 2 is 1.93 bits per heavy atom. The first kappa shape index (κ1) is 12.4. The van der Waals surface area contributed by atoms with Gasteiger partial charge in [0.15, 0.2) is 5.78 Å². The number of unbranched alkanes of at least 4 members (excludes halogenated alkanes) is 1. The van der Waals surface area contributed by atoms with Crippen molar-refractivity contribution in [1.82, 2.24) is 0 Å². The molecule has 15 heavy (non-hydrogen) atoms. The minimum absolute atomic E-state index is 0.0936. The smallest absolute Gasteiger partial charge is 0.303 e. The van der Waals surface area contributed by atoms with E-state index < -0.39 is 5.97 Å². The van der Waals surface area contributed by atoms with Crippen molar-refractivity contribution in [1.29, 1.82) is 0 Å². The fourth-order valence-corrected chi connectivity index (χ4v) is 2.50. The molecule has 1 aromatic rings. The molecule has 3 nitrogen and oxygen atoms in total. The molecule has 0 unspecified atom stereocenters. The number of thiophene rings is 1. The third-order valence-electron chi connectivity index (χ3n) is 1.89. The third-order valence-corrected chi connectivity index (χ3v) is 3.56. The molecule has 0 saturated carbocycles. The number of rotatable bonds is 6. The monoisotopic (exact) mass is 290 g/mol. The molecule has 0 aliphatic carbocycles. The molecule has 0 aliphatic rings. The number of carboxylic acids is 1. The highest BCUT2D eigenvalue weighted by Crippen LogP contribution is 2.23. The molecule has 1 rings (SSSR count). The van der Waals surface area contributed by atoms with E-state index in [-0.39, 0.29) is 12.2 Å². The molecule has 0 spiro atoms. The second kappa shape index (κ2) is 6.02. The van der Waals surface area contributed by atoms with Gasteiger partial charge in [0.25, 0.3) is 0 Å². The minimum atomic E-state index is -0.804. The normalized spacial score (nSPS) is 10.2. The molecule has 0 aliphatic heterocycles. The molecule has 1 heterocycles. The Kier molecular flexibility index (Phi) is 4.98. The Morgan fingerprint density at radius 1 is 1.27 bits per heavy atom. The zero-order chi connectivity index (χ0) is 11.3. The average molecular weight is 291 g/mol. The van der Waals surface area contributed by atoms with Crippen molar-refractivity contribution in [2.75, 3.05) is 0 Å². The summed E-state index contributed by atoms with van der Waals surface area (Å²) in [6.45, 7) is 0. The van der Waals surface area contributed by atoms with Gasteiger partial charge in [-0.1, -0.05) is 0 Å². The van der Waals surface area contributed by atoms with E-state index in [1.165, 1.54) is 11.3 Å². The summed E-state index contributed by atoms with van der Waals surface area (Å²) in [5.41, 5.74) is 0. The molecule has 0 bridgehead atoms. The lowest BCUT2D eigenvalue weighted by atomic mass is 10.1. The van der Waals surface area contributed by atoms with Crippen molar-refractivity contribution in [3.63, 3.8) is 0 Å². The second-order valence-corrected chi connectivity index (χ2v) is 5.59. The number of Topliss-reactive ketones (excluding diaryl/α,β-unsaturated/α-hetero) is 1. The summed E-state index contributed by atoms with van der Waals surface area (Å²) in [5, 5.41) is 8.41. The van der Waals surface area contributed by atoms with Crippen molar-refractivity contribution in [3.8, 4) is 0 Å². The molecular formula is C10H11BrO3S. The Hall–Kier alpha value is -0.680. The highest BCUT2D eigenvalue weighted by molar-refractivity contribution is 9.11. The van der Waals surface area contributed by atoms with Gasteiger partial charge in [0.1, 0.15) is 0 Å². The zero-order valence-corrected chi connectivity index (χ0v) is 10.4. The van der Waals surface area contributed by atoms with Crippen molar-refractivity contribution in [3.05, 3.63) is 20.8 Å². The second-order valence-electron chi connectivity index (χ2n) is 3.13. The van der Waals surface area contributed by atoms with E-state index in [2.05, 4.69) is 15.9 Å². The zero-order valence-electron chi connectivity index (χ0n) is 8.03. The maximum atomic E-state index is 11.5. The van der Waals surface area contributed by atoms with Crippen molar-refractivity contribution in [2.45, 2.75) is 25.7 Å². The molecule has 0 atom stereocenters. The first-order chi connectivity index (χ1) is 7.09. The molecule has 1 aromatic heterocycles. The van der Waals surface area contributed by atoms with E-state index in [4.69, 9.17) is 5.11 Å². The van der Waals surface area contributed by atoms with Crippen LogP contribution in [0.25, 0.3) is 0 Å². The minimum Gasteiger partial charge on any atom is -0.481 e. The van der Waals surface area contributed by atoms with Crippen LogP contribution in [0.4, 0.5) is 0 Å². The molecular weight excluding hydrogens is 280 g/mol. The van der Waals surface area contributed by atoms with E-state index in [0.717, 1.165) is 8.66 Å². The van der Waals surface area contributed by atoms with Gasteiger partial charge in [-0.25, -0.2) is 0 Å². The summed E-state index contributed by atoms with van der Waals surface area (Å²) in [7, 11) is 0. The van der Waals surface area contributed by atoms with Gasteiger partial charge in [-0.15, -0.1) is 11.3 Å². The number of halogens is 1. The first-order valence-corrected chi connectivity index (χ1v) is 6.21. The lowest BCUT2D eigenvalue weighted by Crippen LogP contribution is -1.98. The highest BCUT2D eigenvalue weighted by Gasteiger charge is 2.08. The summed E-state index contributed by atoms with van der Waals surface area (Å²) in [5.74, 6) is -0.711. The number of hydrogen-bond donors (Lipinski definition) is 1. The van der Waals surface area contributed by atoms with Gasteiger partial charge in [0, 0.05) is 12.8 Å². The van der Waals surface area contributed by atoms with E-state index in [1.54, 1.807) is 6.07 Å². The quantitative estimate of drug-likeness (QED) is 0.646. The van der Waals surface area contributed by atoms with Crippen LogP contribution in [0.3, 0.4) is 0 Å². The Labute approximate surface area is 100 Å². The van der Waals surface area contributed by atoms with E-state index in [0.29, 0.717) is 19.3 Å². The van der Waals surface area contributed by atoms with Crippen LogP contribution in [0, 0.1) is 0 Å². The molecule has 0 aromatic carbocycles. The molecule has 0 radical (unpaired) electrons. The lowest BCUT2D eigenvalue weighted by Gasteiger charge is -1.96.